The van der Waals surface area contributed by atoms with Gasteiger partial charge in [0, 0.05) is 13.6 Å². The van der Waals surface area contributed by atoms with Crippen LogP contribution >= 0.6 is 11.8 Å². The van der Waals surface area contributed by atoms with Gasteiger partial charge in [0.05, 0.1) is 12.3 Å². The Balaban J connectivity index is 2.31. The Morgan fingerprint density at radius 1 is 1.50 bits per heavy atom. The van der Waals surface area contributed by atoms with Gasteiger partial charge in [-0.3, -0.25) is 4.79 Å². The van der Waals surface area contributed by atoms with Gasteiger partial charge in [-0.05, 0) is 12.3 Å². The fraction of sp³-hybridized carbons (Fsp3) is 0.727. The van der Waals surface area contributed by atoms with Crippen LogP contribution in [0.2, 0.25) is 0 Å². The topological polar surface area (TPSA) is 85.8 Å². The number of hydrogen-bond donors (Lipinski definition) is 2. The molecule has 102 valence electrons. The Morgan fingerprint density at radius 3 is 2.78 bits per heavy atom. The smallest absolute Gasteiger partial charge is 0.230 e. The van der Waals surface area contributed by atoms with Gasteiger partial charge in [0.15, 0.2) is 5.16 Å². The van der Waals surface area contributed by atoms with Crippen LogP contribution in [-0.4, -0.2) is 33.0 Å². The minimum absolute atomic E-state index is 0.0259. The molecule has 1 amide bonds. The summed E-state index contributed by atoms with van der Waals surface area (Å²) < 4.78 is 1.81. The molecular weight excluding hydrogens is 250 g/mol. The summed E-state index contributed by atoms with van der Waals surface area (Å²) in [4.78, 5) is 11.6. The monoisotopic (exact) mass is 271 g/mol. The van der Waals surface area contributed by atoms with Crippen molar-refractivity contribution in [2.45, 2.75) is 32.0 Å². The third kappa shape index (κ3) is 4.66. The van der Waals surface area contributed by atoms with E-state index in [-0.39, 0.29) is 5.91 Å². The molecule has 0 saturated heterocycles. The number of nitrogens with zero attached hydrogens (tertiary/aromatic N) is 3. The standard InChI is InChI=1S/C11H21N5OS/c1-8(2)4-5-13-10(17)7-18-11-15-14-9(6-12)16(11)3/h8H,4-7,12H2,1-3H3,(H,13,17). The van der Waals surface area contributed by atoms with Crippen LogP contribution in [0.4, 0.5) is 0 Å². The maximum atomic E-state index is 11.6. The van der Waals surface area contributed by atoms with Gasteiger partial charge in [0.2, 0.25) is 5.91 Å². The molecule has 0 spiro atoms. The summed E-state index contributed by atoms with van der Waals surface area (Å²) >= 11 is 1.37. The van der Waals surface area contributed by atoms with Gasteiger partial charge in [0.1, 0.15) is 5.82 Å². The van der Waals surface area contributed by atoms with Crippen LogP contribution in [-0.2, 0) is 18.4 Å². The molecule has 0 unspecified atom stereocenters. The third-order valence-corrected chi connectivity index (χ3v) is 3.50. The number of aromatic nitrogens is 3. The molecule has 6 nitrogen and oxygen atoms in total. The first-order valence-corrected chi connectivity index (χ1v) is 7.01. The quantitative estimate of drug-likeness (QED) is 0.706. The average Bonchev–Trinajstić information content (AvgIpc) is 2.67. The maximum Gasteiger partial charge on any atom is 0.230 e. The molecule has 1 aromatic rings. The molecule has 1 aromatic heterocycles. The molecule has 1 rings (SSSR count). The van der Waals surface area contributed by atoms with Crippen LogP contribution in [0.25, 0.3) is 0 Å². The van der Waals surface area contributed by atoms with Crippen LogP contribution < -0.4 is 11.1 Å². The van der Waals surface area contributed by atoms with Gasteiger partial charge in [-0.15, -0.1) is 10.2 Å². The van der Waals surface area contributed by atoms with E-state index in [1.54, 1.807) is 0 Å². The second kappa shape index (κ2) is 7.38. The van der Waals surface area contributed by atoms with E-state index in [2.05, 4.69) is 29.4 Å². The van der Waals surface area contributed by atoms with Gasteiger partial charge in [0.25, 0.3) is 0 Å². The Hall–Kier alpha value is -1.08. The third-order valence-electron chi connectivity index (χ3n) is 2.48. The summed E-state index contributed by atoms with van der Waals surface area (Å²) in [5.74, 6) is 1.70. The van der Waals surface area contributed by atoms with Crippen LogP contribution in [0.1, 0.15) is 26.1 Å². The van der Waals surface area contributed by atoms with Crippen molar-refractivity contribution in [1.29, 1.82) is 0 Å². The highest BCUT2D eigenvalue weighted by Gasteiger charge is 2.10. The van der Waals surface area contributed by atoms with E-state index >= 15 is 0 Å². The SMILES string of the molecule is CC(C)CCNC(=O)CSc1nnc(CN)n1C. The second-order valence-corrected chi connectivity index (χ2v) is 5.43. The normalized spacial score (nSPS) is 10.9. The molecule has 0 aromatic carbocycles. The van der Waals surface area contributed by atoms with Crippen molar-refractivity contribution in [1.82, 2.24) is 20.1 Å². The van der Waals surface area contributed by atoms with E-state index < -0.39 is 0 Å². The fourth-order valence-corrected chi connectivity index (χ4v) is 2.09. The summed E-state index contributed by atoms with van der Waals surface area (Å²) in [6.45, 7) is 5.35. The van der Waals surface area contributed by atoms with Crippen molar-refractivity contribution < 1.29 is 4.79 Å². The second-order valence-electron chi connectivity index (χ2n) is 4.48. The zero-order chi connectivity index (χ0) is 13.5. The van der Waals surface area contributed by atoms with E-state index in [9.17, 15) is 4.79 Å². The van der Waals surface area contributed by atoms with Crippen LogP contribution in [0.15, 0.2) is 5.16 Å². The molecule has 0 fully saturated rings. The Kier molecular flexibility index (Phi) is 6.14. The van der Waals surface area contributed by atoms with Crippen molar-refractivity contribution in [3.05, 3.63) is 5.82 Å². The number of nitrogens with one attached hydrogen (secondary N) is 1. The zero-order valence-electron chi connectivity index (χ0n) is 11.1. The fourth-order valence-electron chi connectivity index (χ4n) is 1.33. The highest BCUT2D eigenvalue weighted by molar-refractivity contribution is 7.99. The summed E-state index contributed by atoms with van der Waals surface area (Å²) in [6, 6.07) is 0. The van der Waals surface area contributed by atoms with Gasteiger partial charge in [-0.2, -0.15) is 0 Å². The van der Waals surface area contributed by atoms with E-state index in [1.807, 2.05) is 11.6 Å². The molecule has 7 heteroatoms. The average molecular weight is 271 g/mol. The molecule has 0 bridgehead atoms. The predicted octanol–water partition coefficient (Wildman–Crippen LogP) is 0.528. The molecule has 3 N–H and O–H groups in total. The molecule has 0 aliphatic heterocycles. The number of nitrogens with two attached hydrogens (primary N) is 1. The van der Waals surface area contributed by atoms with Crippen molar-refractivity contribution in [3.63, 3.8) is 0 Å². The molecule has 0 aliphatic carbocycles. The first-order chi connectivity index (χ1) is 8.54. The maximum absolute atomic E-state index is 11.6. The highest BCUT2D eigenvalue weighted by atomic mass is 32.2. The summed E-state index contributed by atoms with van der Waals surface area (Å²) in [7, 11) is 1.85. The number of amides is 1. The summed E-state index contributed by atoms with van der Waals surface area (Å²) in [6.07, 6.45) is 0.998. The van der Waals surface area contributed by atoms with Crippen molar-refractivity contribution in [3.8, 4) is 0 Å². The van der Waals surface area contributed by atoms with E-state index in [0.29, 0.717) is 18.2 Å². The van der Waals surface area contributed by atoms with E-state index in [0.717, 1.165) is 23.9 Å². The lowest BCUT2D eigenvalue weighted by Gasteiger charge is -2.06. The molecular formula is C11H21N5OS. The summed E-state index contributed by atoms with van der Waals surface area (Å²) in [5, 5.41) is 11.5. The van der Waals surface area contributed by atoms with E-state index in [4.69, 9.17) is 5.73 Å². The predicted molar refractivity (Wildman–Crippen MR) is 72.1 cm³/mol. The van der Waals surface area contributed by atoms with Crippen molar-refractivity contribution in [2.24, 2.45) is 18.7 Å². The largest absolute Gasteiger partial charge is 0.355 e. The number of carbonyl (C=O) groups is 1. The molecule has 0 saturated carbocycles. The van der Waals surface area contributed by atoms with Gasteiger partial charge >= 0.3 is 0 Å². The van der Waals surface area contributed by atoms with E-state index in [1.165, 1.54) is 11.8 Å². The van der Waals surface area contributed by atoms with Gasteiger partial charge in [-0.25, -0.2) is 0 Å². The Labute approximate surface area is 112 Å². The summed E-state index contributed by atoms with van der Waals surface area (Å²) in [5.41, 5.74) is 5.50. The molecule has 0 aliphatic rings. The first-order valence-electron chi connectivity index (χ1n) is 6.02. The highest BCUT2D eigenvalue weighted by Crippen LogP contribution is 2.14. The Bertz CT molecular complexity index is 391. The lowest BCUT2D eigenvalue weighted by molar-refractivity contribution is -0.118. The van der Waals surface area contributed by atoms with Gasteiger partial charge < -0.3 is 15.6 Å². The number of carbonyl (C=O) groups excluding carboxylic acids is 1. The Morgan fingerprint density at radius 2 is 2.22 bits per heavy atom. The molecule has 0 radical (unpaired) electrons. The van der Waals surface area contributed by atoms with Gasteiger partial charge in [-0.1, -0.05) is 25.6 Å². The lowest BCUT2D eigenvalue weighted by atomic mass is 10.1. The lowest BCUT2D eigenvalue weighted by Crippen LogP contribution is -2.27. The first kappa shape index (κ1) is 15.0. The number of hydrogen-bond acceptors (Lipinski definition) is 5. The molecule has 0 atom stereocenters. The molecule has 1 heterocycles. The zero-order valence-corrected chi connectivity index (χ0v) is 12.0. The van der Waals surface area contributed by atoms with Crippen LogP contribution in [0.5, 0.6) is 0 Å². The molecule has 18 heavy (non-hydrogen) atoms. The van der Waals surface area contributed by atoms with Crippen molar-refractivity contribution in [2.75, 3.05) is 12.3 Å². The minimum atomic E-state index is 0.0259. The van der Waals surface area contributed by atoms with Crippen molar-refractivity contribution >= 4 is 17.7 Å². The van der Waals surface area contributed by atoms with Crippen LogP contribution in [0.3, 0.4) is 0 Å². The van der Waals surface area contributed by atoms with Crippen LogP contribution in [0, 0.1) is 5.92 Å². The number of thioether (sulfide) groups is 1. The minimum Gasteiger partial charge on any atom is -0.355 e. The number of rotatable bonds is 7.